The number of pyridine rings is 1. The third kappa shape index (κ3) is 2.91. The Balaban J connectivity index is 1.74. The molecule has 1 aromatic carbocycles. The number of ether oxygens (including phenoxy) is 1. The van der Waals surface area contributed by atoms with E-state index in [1.807, 2.05) is 30.3 Å². The smallest absolute Gasteiger partial charge is 0.130 e. The molecule has 0 bridgehead atoms. The Labute approximate surface area is 119 Å². The quantitative estimate of drug-likeness (QED) is 0.876. The Morgan fingerprint density at radius 1 is 1.20 bits per heavy atom. The lowest BCUT2D eigenvalue weighted by Crippen LogP contribution is -2.10. The van der Waals surface area contributed by atoms with Crippen LogP contribution in [0, 0.1) is 0 Å². The minimum absolute atomic E-state index is 0.518. The minimum Gasteiger partial charge on any atom is -0.492 e. The highest BCUT2D eigenvalue weighted by Crippen LogP contribution is 2.24. The molecule has 4 nitrogen and oxygen atoms in total. The lowest BCUT2D eigenvalue weighted by atomic mass is 10.2. The number of nitrogens with one attached hydrogen (secondary N) is 1. The molecule has 1 heterocycles. The van der Waals surface area contributed by atoms with Crippen molar-refractivity contribution in [2.75, 3.05) is 18.5 Å². The van der Waals surface area contributed by atoms with Crippen LogP contribution in [0.4, 0.5) is 11.5 Å². The molecule has 0 radical (unpaired) electrons. The number of aryl methyl sites for hydroxylation is 2. The fraction of sp³-hybridized carbons (Fsp3) is 0.312. The van der Waals surface area contributed by atoms with Crippen molar-refractivity contribution in [2.24, 2.45) is 5.73 Å². The lowest BCUT2D eigenvalue weighted by Gasteiger charge is -2.10. The van der Waals surface area contributed by atoms with Crippen LogP contribution in [0.25, 0.3) is 0 Å². The number of hydrogen-bond acceptors (Lipinski definition) is 4. The van der Waals surface area contributed by atoms with Gasteiger partial charge in [0, 0.05) is 24.0 Å². The van der Waals surface area contributed by atoms with Crippen LogP contribution in [-0.4, -0.2) is 18.1 Å². The molecular formula is C16H19N3O. The summed E-state index contributed by atoms with van der Waals surface area (Å²) in [6.45, 7) is 1.05. The molecule has 104 valence electrons. The Morgan fingerprint density at radius 2 is 2.15 bits per heavy atom. The molecule has 2 aromatic rings. The van der Waals surface area contributed by atoms with Crippen molar-refractivity contribution in [3.05, 3.63) is 47.7 Å². The van der Waals surface area contributed by atoms with Crippen molar-refractivity contribution in [3.8, 4) is 5.75 Å². The zero-order valence-corrected chi connectivity index (χ0v) is 11.4. The number of fused-ring (bicyclic) bond motifs is 1. The fourth-order valence-electron chi connectivity index (χ4n) is 2.48. The van der Waals surface area contributed by atoms with E-state index in [1.165, 1.54) is 17.7 Å². The van der Waals surface area contributed by atoms with Crippen molar-refractivity contribution in [1.29, 1.82) is 0 Å². The van der Waals surface area contributed by atoms with Crippen LogP contribution in [-0.2, 0) is 12.8 Å². The molecule has 0 saturated heterocycles. The second-order valence-corrected chi connectivity index (χ2v) is 4.95. The Morgan fingerprint density at radius 3 is 3.05 bits per heavy atom. The molecule has 0 aliphatic heterocycles. The topological polar surface area (TPSA) is 60.2 Å². The summed E-state index contributed by atoms with van der Waals surface area (Å²) in [6.07, 6.45) is 3.46. The fourth-order valence-corrected chi connectivity index (χ4v) is 2.48. The molecule has 20 heavy (non-hydrogen) atoms. The highest BCUT2D eigenvalue weighted by Gasteiger charge is 2.12. The number of nitrogens with two attached hydrogens (primary N) is 1. The van der Waals surface area contributed by atoms with Crippen LogP contribution in [0.2, 0.25) is 0 Å². The second kappa shape index (κ2) is 5.92. The molecule has 4 heteroatoms. The van der Waals surface area contributed by atoms with E-state index < -0.39 is 0 Å². The monoisotopic (exact) mass is 269 g/mol. The first-order valence-electron chi connectivity index (χ1n) is 7.04. The van der Waals surface area contributed by atoms with Gasteiger partial charge in [-0.2, -0.15) is 0 Å². The third-order valence-electron chi connectivity index (χ3n) is 3.42. The highest BCUT2D eigenvalue weighted by atomic mass is 16.5. The number of benzene rings is 1. The average Bonchev–Trinajstić information content (AvgIpc) is 2.93. The molecule has 1 aliphatic carbocycles. The van der Waals surface area contributed by atoms with Crippen molar-refractivity contribution in [3.63, 3.8) is 0 Å². The van der Waals surface area contributed by atoms with Crippen LogP contribution in [0.1, 0.15) is 17.7 Å². The number of rotatable bonds is 5. The van der Waals surface area contributed by atoms with Gasteiger partial charge in [0.2, 0.25) is 0 Å². The molecule has 0 fully saturated rings. The van der Waals surface area contributed by atoms with Crippen molar-refractivity contribution < 1.29 is 4.74 Å². The predicted octanol–water partition coefficient (Wildman–Crippen LogP) is 2.65. The van der Waals surface area contributed by atoms with E-state index in [0.717, 1.165) is 30.1 Å². The highest BCUT2D eigenvalue weighted by molar-refractivity contribution is 5.58. The molecule has 0 spiro atoms. The molecule has 0 saturated carbocycles. The van der Waals surface area contributed by atoms with E-state index in [9.17, 15) is 0 Å². The molecule has 1 aromatic heterocycles. The number of nitrogens with zero attached hydrogens (tertiary/aromatic N) is 1. The number of aromatic nitrogens is 1. The maximum atomic E-state index is 5.52. The normalized spacial score (nSPS) is 13.1. The maximum absolute atomic E-state index is 5.52. The summed E-state index contributed by atoms with van der Waals surface area (Å²) in [7, 11) is 0. The molecule has 0 amide bonds. The first kappa shape index (κ1) is 12.9. The van der Waals surface area contributed by atoms with Crippen LogP contribution in [0.3, 0.4) is 0 Å². The van der Waals surface area contributed by atoms with Gasteiger partial charge in [-0.3, -0.25) is 0 Å². The van der Waals surface area contributed by atoms with Crippen LogP contribution in [0.15, 0.2) is 36.4 Å². The van der Waals surface area contributed by atoms with Crippen molar-refractivity contribution >= 4 is 11.5 Å². The summed E-state index contributed by atoms with van der Waals surface area (Å²) in [4.78, 5) is 4.67. The molecule has 1 aliphatic rings. The number of hydrogen-bond donors (Lipinski definition) is 2. The lowest BCUT2D eigenvalue weighted by molar-refractivity contribution is 0.328. The van der Waals surface area contributed by atoms with E-state index in [0.29, 0.717) is 13.2 Å². The van der Waals surface area contributed by atoms with Gasteiger partial charge in [-0.25, -0.2) is 4.98 Å². The predicted molar refractivity (Wildman–Crippen MR) is 80.5 cm³/mol. The van der Waals surface area contributed by atoms with E-state index in [1.54, 1.807) is 0 Å². The van der Waals surface area contributed by atoms with Gasteiger partial charge in [0.05, 0.1) is 0 Å². The van der Waals surface area contributed by atoms with Gasteiger partial charge >= 0.3 is 0 Å². The average molecular weight is 269 g/mol. The van der Waals surface area contributed by atoms with Crippen LogP contribution in [0.5, 0.6) is 5.75 Å². The second-order valence-electron chi connectivity index (χ2n) is 4.95. The maximum Gasteiger partial charge on any atom is 0.130 e. The zero-order valence-electron chi connectivity index (χ0n) is 11.4. The van der Waals surface area contributed by atoms with Crippen molar-refractivity contribution in [2.45, 2.75) is 19.3 Å². The van der Waals surface area contributed by atoms with Gasteiger partial charge in [-0.05, 0) is 43.0 Å². The first-order chi connectivity index (χ1) is 9.85. The Kier molecular flexibility index (Phi) is 3.83. The van der Waals surface area contributed by atoms with Gasteiger partial charge in [-0.15, -0.1) is 0 Å². The largest absolute Gasteiger partial charge is 0.492 e. The van der Waals surface area contributed by atoms with Crippen molar-refractivity contribution in [1.82, 2.24) is 4.98 Å². The zero-order chi connectivity index (χ0) is 13.8. The first-order valence-corrected chi connectivity index (χ1v) is 7.04. The Bertz CT molecular complexity index is 598. The SMILES string of the molecule is NCCOc1cccc(Nc2ccc3c(n2)CCC3)c1. The van der Waals surface area contributed by atoms with Gasteiger partial charge in [0.25, 0.3) is 0 Å². The van der Waals surface area contributed by atoms with E-state index >= 15 is 0 Å². The minimum atomic E-state index is 0.518. The summed E-state index contributed by atoms with van der Waals surface area (Å²) in [5.41, 5.74) is 9.03. The number of anilines is 2. The van der Waals surface area contributed by atoms with Gasteiger partial charge in [0.1, 0.15) is 18.2 Å². The van der Waals surface area contributed by atoms with Gasteiger partial charge < -0.3 is 15.8 Å². The summed E-state index contributed by atoms with van der Waals surface area (Å²) >= 11 is 0. The van der Waals surface area contributed by atoms with E-state index in [4.69, 9.17) is 10.5 Å². The third-order valence-corrected chi connectivity index (χ3v) is 3.42. The van der Waals surface area contributed by atoms with Crippen LogP contribution < -0.4 is 15.8 Å². The summed E-state index contributed by atoms with van der Waals surface area (Å²) < 4.78 is 5.52. The summed E-state index contributed by atoms with van der Waals surface area (Å²) in [6, 6.07) is 12.1. The van der Waals surface area contributed by atoms with Gasteiger partial charge in [-0.1, -0.05) is 12.1 Å². The molecule has 0 unspecified atom stereocenters. The molecule has 0 atom stereocenters. The van der Waals surface area contributed by atoms with Crippen LogP contribution >= 0.6 is 0 Å². The summed E-state index contributed by atoms with van der Waals surface area (Å²) in [5.74, 6) is 1.71. The van der Waals surface area contributed by atoms with Gasteiger partial charge in [0.15, 0.2) is 0 Å². The molecule has 3 rings (SSSR count). The van der Waals surface area contributed by atoms with E-state index in [-0.39, 0.29) is 0 Å². The Hall–Kier alpha value is -2.07. The molecule has 3 N–H and O–H groups in total. The summed E-state index contributed by atoms with van der Waals surface area (Å²) in [5, 5.41) is 3.33. The molecular weight excluding hydrogens is 250 g/mol. The van der Waals surface area contributed by atoms with E-state index in [2.05, 4.69) is 16.4 Å². The standard InChI is InChI=1S/C16H19N3O/c17-9-10-20-14-5-2-4-13(11-14)18-16-8-7-12-3-1-6-15(12)19-16/h2,4-5,7-8,11H,1,3,6,9-10,17H2,(H,18,19).